The third kappa shape index (κ3) is 4.04. The Hall–Kier alpha value is -1.55. The summed E-state index contributed by atoms with van der Waals surface area (Å²) in [6.07, 6.45) is 0. The van der Waals surface area contributed by atoms with E-state index in [1.807, 2.05) is 38.1 Å². The maximum Gasteiger partial charge on any atom is 0.312 e. The summed E-state index contributed by atoms with van der Waals surface area (Å²) < 4.78 is 9.91. The van der Waals surface area contributed by atoms with Crippen molar-refractivity contribution in [1.82, 2.24) is 5.32 Å². The summed E-state index contributed by atoms with van der Waals surface area (Å²) in [7, 11) is 3.05. The maximum atomic E-state index is 11.5. The molecule has 0 amide bonds. The number of benzene rings is 1. The van der Waals surface area contributed by atoms with Gasteiger partial charge in [-0.3, -0.25) is 4.79 Å². The van der Waals surface area contributed by atoms with Crippen molar-refractivity contribution in [3.05, 3.63) is 29.8 Å². The molecule has 0 aliphatic heterocycles. The molecule has 0 bridgehead atoms. The van der Waals surface area contributed by atoms with Crippen LogP contribution in [0.5, 0.6) is 5.75 Å². The molecule has 0 atom stereocenters. The number of ether oxygens (including phenoxy) is 2. The van der Waals surface area contributed by atoms with Crippen molar-refractivity contribution in [2.75, 3.05) is 20.8 Å². The van der Waals surface area contributed by atoms with Crippen LogP contribution in [-0.2, 0) is 16.1 Å². The summed E-state index contributed by atoms with van der Waals surface area (Å²) >= 11 is 0. The second kappa shape index (κ2) is 6.40. The summed E-state index contributed by atoms with van der Waals surface area (Å²) in [5.41, 5.74) is 0.600. The van der Waals surface area contributed by atoms with Crippen LogP contribution in [0.4, 0.5) is 0 Å². The Bertz CT molecular complexity index is 402. The van der Waals surface area contributed by atoms with Gasteiger partial charge in [-0.1, -0.05) is 12.1 Å². The van der Waals surface area contributed by atoms with E-state index in [0.29, 0.717) is 13.1 Å². The SMILES string of the molecule is COC(=O)C(C)(C)CNCc1cccc(OC)c1. The number of methoxy groups -OCH3 is 2. The third-order valence-corrected chi connectivity index (χ3v) is 2.77. The highest BCUT2D eigenvalue weighted by Crippen LogP contribution is 2.16. The molecule has 0 aliphatic carbocycles. The van der Waals surface area contributed by atoms with E-state index < -0.39 is 5.41 Å². The van der Waals surface area contributed by atoms with Crippen LogP contribution in [0.3, 0.4) is 0 Å². The number of nitrogens with one attached hydrogen (secondary N) is 1. The van der Waals surface area contributed by atoms with Crippen molar-refractivity contribution >= 4 is 5.97 Å². The number of hydrogen-bond acceptors (Lipinski definition) is 4. The van der Waals surface area contributed by atoms with Crippen LogP contribution in [0.25, 0.3) is 0 Å². The van der Waals surface area contributed by atoms with Crippen LogP contribution >= 0.6 is 0 Å². The van der Waals surface area contributed by atoms with Gasteiger partial charge < -0.3 is 14.8 Å². The molecule has 1 aromatic carbocycles. The summed E-state index contributed by atoms with van der Waals surface area (Å²) in [5, 5.41) is 3.25. The highest BCUT2D eigenvalue weighted by Gasteiger charge is 2.27. The normalized spacial score (nSPS) is 11.1. The van der Waals surface area contributed by atoms with Crippen LogP contribution in [0, 0.1) is 5.41 Å². The number of carbonyl (C=O) groups excluding carboxylic acids is 1. The minimum Gasteiger partial charge on any atom is -0.497 e. The summed E-state index contributed by atoms with van der Waals surface area (Å²) in [6, 6.07) is 7.84. The van der Waals surface area contributed by atoms with Crippen molar-refractivity contribution in [3.63, 3.8) is 0 Å². The first kappa shape index (κ1) is 14.5. The highest BCUT2D eigenvalue weighted by atomic mass is 16.5. The maximum absolute atomic E-state index is 11.5. The van der Waals surface area contributed by atoms with Crippen molar-refractivity contribution in [2.45, 2.75) is 20.4 Å². The highest BCUT2D eigenvalue weighted by molar-refractivity contribution is 5.76. The standard InChI is InChI=1S/C14H21NO3/c1-14(2,13(16)18-4)10-15-9-11-6-5-7-12(8-11)17-3/h5-8,15H,9-10H2,1-4H3. The lowest BCUT2D eigenvalue weighted by molar-refractivity contribution is -0.150. The Kier molecular flexibility index (Phi) is 5.16. The van der Waals surface area contributed by atoms with Gasteiger partial charge in [-0.15, -0.1) is 0 Å². The van der Waals surface area contributed by atoms with E-state index >= 15 is 0 Å². The monoisotopic (exact) mass is 251 g/mol. The molecule has 0 aromatic heterocycles. The molecule has 0 unspecified atom stereocenters. The summed E-state index contributed by atoms with van der Waals surface area (Å²) in [4.78, 5) is 11.5. The molecule has 1 aromatic rings. The van der Waals surface area contributed by atoms with Gasteiger partial charge in [0.05, 0.1) is 19.6 Å². The molecule has 0 fully saturated rings. The summed E-state index contributed by atoms with van der Waals surface area (Å²) in [6.45, 7) is 4.98. The van der Waals surface area contributed by atoms with Gasteiger partial charge in [-0.2, -0.15) is 0 Å². The summed E-state index contributed by atoms with van der Waals surface area (Å²) in [5.74, 6) is 0.627. The molecule has 0 heterocycles. The molecule has 0 aliphatic rings. The van der Waals surface area contributed by atoms with Crippen molar-refractivity contribution < 1.29 is 14.3 Å². The molecule has 18 heavy (non-hydrogen) atoms. The van der Waals surface area contributed by atoms with Gasteiger partial charge >= 0.3 is 5.97 Å². The molecule has 1 N–H and O–H groups in total. The van der Waals surface area contributed by atoms with Gasteiger partial charge in [-0.25, -0.2) is 0 Å². The van der Waals surface area contributed by atoms with E-state index in [2.05, 4.69) is 5.32 Å². The van der Waals surface area contributed by atoms with E-state index in [1.54, 1.807) is 7.11 Å². The number of rotatable bonds is 6. The molecule has 4 heteroatoms. The van der Waals surface area contributed by atoms with Crippen LogP contribution in [-0.4, -0.2) is 26.7 Å². The number of carbonyl (C=O) groups is 1. The molecule has 100 valence electrons. The Morgan fingerprint density at radius 2 is 2.06 bits per heavy atom. The first-order valence-electron chi connectivity index (χ1n) is 5.91. The third-order valence-electron chi connectivity index (χ3n) is 2.77. The first-order valence-corrected chi connectivity index (χ1v) is 5.91. The lowest BCUT2D eigenvalue weighted by Gasteiger charge is -2.21. The van der Waals surface area contributed by atoms with Crippen LogP contribution in [0.2, 0.25) is 0 Å². The molecule has 0 saturated carbocycles. The van der Waals surface area contributed by atoms with Crippen molar-refractivity contribution in [2.24, 2.45) is 5.41 Å². The van der Waals surface area contributed by atoms with Crippen LogP contribution in [0.1, 0.15) is 19.4 Å². The second-order valence-corrected chi connectivity index (χ2v) is 4.83. The smallest absolute Gasteiger partial charge is 0.312 e. The Balaban J connectivity index is 2.48. The second-order valence-electron chi connectivity index (χ2n) is 4.83. The Morgan fingerprint density at radius 1 is 1.33 bits per heavy atom. The average Bonchev–Trinajstić information content (AvgIpc) is 2.37. The minimum atomic E-state index is -0.520. The molecular formula is C14H21NO3. The van der Waals surface area contributed by atoms with Gasteiger partial charge in [0.15, 0.2) is 0 Å². The van der Waals surface area contributed by atoms with E-state index in [-0.39, 0.29) is 5.97 Å². The lowest BCUT2D eigenvalue weighted by atomic mass is 9.94. The number of esters is 1. The fourth-order valence-electron chi connectivity index (χ4n) is 1.65. The topological polar surface area (TPSA) is 47.6 Å². The van der Waals surface area contributed by atoms with Crippen molar-refractivity contribution in [3.8, 4) is 5.75 Å². The fourth-order valence-corrected chi connectivity index (χ4v) is 1.65. The van der Waals surface area contributed by atoms with Gasteiger partial charge in [0, 0.05) is 13.1 Å². The van der Waals surface area contributed by atoms with Gasteiger partial charge in [0.25, 0.3) is 0 Å². The van der Waals surface area contributed by atoms with Crippen LogP contribution in [0.15, 0.2) is 24.3 Å². The van der Waals surface area contributed by atoms with E-state index in [4.69, 9.17) is 9.47 Å². The number of hydrogen-bond donors (Lipinski definition) is 1. The molecule has 0 spiro atoms. The van der Waals surface area contributed by atoms with E-state index in [1.165, 1.54) is 7.11 Å². The zero-order chi connectivity index (χ0) is 13.6. The largest absolute Gasteiger partial charge is 0.497 e. The zero-order valence-corrected chi connectivity index (χ0v) is 11.4. The quantitative estimate of drug-likeness (QED) is 0.785. The lowest BCUT2D eigenvalue weighted by Crippen LogP contribution is -2.36. The average molecular weight is 251 g/mol. The molecule has 0 saturated heterocycles. The van der Waals surface area contributed by atoms with Crippen LogP contribution < -0.4 is 10.1 Å². The van der Waals surface area contributed by atoms with Gasteiger partial charge in [-0.05, 0) is 31.5 Å². The predicted octanol–water partition coefficient (Wildman–Crippen LogP) is 1.98. The zero-order valence-electron chi connectivity index (χ0n) is 11.4. The molecular weight excluding hydrogens is 230 g/mol. The minimum absolute atomic E-state index is 0.208. The van der Waals surface area contributed by atoms with Crippen molar-refractivity contribution in [1.29, 1.82) is 0 Å². The molecule has 4 nitrogen and oxygen atoms in total. The van der Waals surface area contributed by atoms with Gasteiger partial charge in [0.1, 0.15) is 5.75 Å². The molecule has 1 rings (SSSR count). The van der Waals surface area contributed by atoms with E-state index in [9.17, 15) is 4.79 Å². The predicted molar refractivity (Wildman–Crippen MR) is 70.5 cm³/mol. The van der Waals surface area contributed by atoms with Gasteiger partial charge in [0.2, 0.25) is 0 Å². The Labute approximate surface area is 108 Å². The first-order chi connectivity index (χ1) is 8.49. The Morgan fingerprint density at radius 3 is 2.67 bits per heavy atom. The fraction of sp³-hybridized carbons (Fsp3) is 0.500. The van der Waals surface area contributed by atoms with E-state index in [0.717, 1.165) is 11.3 Å². The molecule has 0 radical (unpaired) electrons.